The van der Waals surface area contributed by atoms with Gasteiger partial charge in [-0.3, -0.25) is 9.59 Å². The van der Waals surface area contributed by atoms with Gasteiger partial charge in [-0.25, -0.2) is 0 Å². The van der Waals surface area contributed by atoms with Gasteiger partial charge in [-0.1, -0.05) is 6.07 Å². The van der Waals surface area contributed by atoms with E-state index in [-0.39, 0.29) is 12.4 Å². The Labute approximate surface area is 149 Å². The third kappa shape index (κ3) is 8.98. The summed E-state index contributed by atoms with van der Waals surface area (Å²) >= 11 is 0. The van der Waals surface area contributed by atoms with Gasteiger partial charge in [-0.15, -0.1) is 0 Å². The third-order valence-corrected chi connectivity index (χ3v) is 3.31. The molecule has 0 aliphatic rings. The van der Waals surface area contributed by atoms with Crippen molar-refractivity contribution in [3.8, 4) is 11.5 Å². The van der Waals surface area contributed by atoms with E-state index in [4.69, 9.17) is 19.3 Å². The minimum Gasteiger partial charge on any atom is -0.497 e. The van der Waals surface area contributed by atoms with Crippen molar-refractivity contribution >= 4 is 11.9 Å². The zero-order valence-electron chi connectivity index (χ0n) is 15.5. The Balaban J connectivity index is 2.59. The topological polar surface area (TPSA) is 82.1 Å². The van der Waals surface area contributed by atoms with Crippen molar-refractivity contribution in [2.45, 2.75) is 58.5 Å². The van der Waals surface area contributed by atoms with Gasteiger partial charge in [0.05, 0.1) is 13.7 Å². The van der Waals surface area contributed by atoms with Crippen molar-refractivity contribution in [1.82, 2.24) is 0 Å². The van der Waals surface area contributed by atoms with E-state index in [1.807, 2.05) is 32.9 Å². The second-order valence-corrected chi connectivity index (χ2v) is 6.76. The molecule has 0 atom stereocenters. The fourth-order valence-corrected chi connectivity index (χ4v) is 2.22. The molecule has 1 aromatic carbocycles. The summed E-state index contributed by atoms with van der Waals surface area (Å²) in [6.07, 6.45) is 2.15. The molecule has 140 valence electrons. The van der Waals surface area contributed by atoms with E-state index in [0.717, 1.165) is 5.56 Å². The number of carboxylic acids is 1. The van der Waals surface area contributed by atoms with E-state index in [2.05, 4.69) is 0 Å². The van der Waals surface area contributed by atoms with Crippen LogP contribution in [0.2, 0.25) is 0 Å². The van der Waals surface area contributed by atoms with Crippen LogP contribution in [0, 0.1) is 0 Å². The molecular weight excluding hydrogens is 324 g/mol. The first-order valence-corrected chi connectivity index (χ1v) is 8.44. The molecule has 0 aromatic heterocycles. The van der Waals surface area contributed by atoms with Crippen LogP contribution in [-0.2, 0) is 20.7 Å². The number of aryl methyl sites for hydroxylation is 1. The second kappa shape index (κ2) is 9.91. The zero-order chi connectivity index (χ0) is 18.9. The standard InChI is InChI=1S/C19H28O6/c1-19(2,3)25-18(22)9-5-7-14-10-11-15(23-4)13-16(14)24-12-6-8-17(20)21/h10-11,13H,5-9,12H2,1-4H3,(H,20,21). The molecule has 0 saturated heterocycles. The van der Waals surface area contributed by atoms with Gasteiger partial charge in [0.15, 0.2) is 0 Å². The number of carboxylic acid groups (broad SMARTS) is 1. The van der Waals surface area contributed by atoms with Crippen LogP contribution in [0.3, 0.4) is 0 Å². The Kier molecular flexibility index (Phi) is 8.25. The smallest absolute Gasteiger partial charge is 0.306 e. The Morgan fingerprint density at radius 3 is 2.44 bits per heavy atom. The lowest BCUT2D eigenvalue weighted by Gasteiger charge is -2.19. The number of methoxy groups -OCH3 is 1. The summed E-state index contributed by atoms with van der Waals surface area (Å²) in [7, 11) is 1.58. The first kappa shape index (κ1) is 20.8. The number of esters is 1. The van der Waals surface area contributed by atoms with E-state index < -0.39 is 11.6 Å². The monoisotopic (exact) mass is 352 g/mol. The molecule has 0 heterocycles. The van der Waals surface area contributed by atoms with Gasteiger partial charge in [0.1, 0.15) is 17.1 Å². The van der Waals surface area contributed by atoms with Crippen LogP contribution in [0.4, 0.5) is 0 Å². The molecule has 0 amide bonds. The molecule has 0 fully saturated rings. The molecule has 0 aliphatic heterocycles. The minimum atomic E-state index is -0.841. The lowest BCUT2D eigenvalue weighted by molar-refractivity contribution is -0.154. The maximum atomic E-state index is 11.8. The van der Waals surface area contributed by atoms with Gasteiger partial charge in [-0.2, -0.15) is 0 Å². The van der Waals surface area contributed by atoms with E-state index in [1.54, 1.807) is 13.2 Å². The first-order chi connectivity index (χ1) is 11.7. The Bertz CT molecular complexity index is 574. The summed E-state index contributed by atoms with van der Waals surface area (Å²) in [4.78, 5) is 22.3. The molecule has 0 unspecified atom stereocenters. The Morgan fingerprint density at radius 2 is 1.84 bits per heavy atom. The zero-order valence-corrected chi connectivity index (χ0v) is 15.5. The van der Waals surface area contributed by atoms with Crippen LogP contribution in [-0.4, -0.2) is 36.4 Å². The normalized spacial score (nSPS) is 11.0. The van der Waals surface area contributed by atoms with Crippen LogP contribution in [0.5, 0.6) is 11.5 Å². The Morgan fingerprint density at radius 1 is 1.12 bits per heavy atom. The van der Waals surface area contributed by atoms with E-state index in [0.29, 0.717) is 43.8 Å². The number of ether oxygens (including phenoxy) is 3. The molecular formula is C19H28O6. The SMILES string of the molecule is COc1ccc(CCCC(=O)OC(C)(C)C)c(OCCCC(=O)O)c1. The van der Waals surface area contributed by atoms with Crippen molar-refractivity contribution in [2.24, 2.45) is 0 Å². The number of rotatable bonds is 10. The van der Waals surface area contributed by atoms with Crippen molar-refractivity contribution < 1.29 is 28.9 Å². The molecule has 6 nitrogen and oxygen atoms in total. The van der Waals surface area contributed by atoms with E-state index in [9.17, 15) is 9.59 Å². The highest BCUT2D eigenvalue weighted by molar-refractivity contribution is 5.69. The van der Waals surface area contributed by atoms with Crippen molar-refractivity contribution in [3.63, 3.8) is 0 Å². The molecule has 1 N–H and O–H groups in total. The summed E-state index contributed by atoms with van der Waals surface area (Å²) in [5, 5.41) is 8.68. The number of benzene rings is 1. The molecule has 1 aromatic rings. The quantitative estimate of drug-likeness (QED) is 0.512. The first-order valence-electron chi connectivity index (χ1n) is 8.44. The van der Waals surface area contributed by atoms with Gasteiger partial charge < -0.3 is 19.3 Å². The van der Waals surface area contributed by atoms with Crippen LogP contribution < -0.4 is 9.47 Å². The average molecular weight is 352 g/mol. The van der Waals surface area contributed by atoms with E-state index in [1.165, 1.54) is 0 Å². The molecule has 25 heavy (non-hydrogen) atoms. The van der Waals surface area contributed by atoms with Gasteiger partial charge in [0.25, 0.3) is 0 Å². The summed E-state index contributed by atoms with van der Waals surface area (Å²) in [5.74, 6) is 0.273. The summed E-state index contributed by atoms with van der Waals surface area (Å²) in [6.45, 7) is 5.85. The van der Waals surface area contributed by atoms with Crippen LogP contribution in [0.25, 0.3) is 0 Å². The number of hydrogen-bond donors (Lipinski definition) is 1. The second-order valence-electron chi connectivity index (χ2n) is 6.76. The predicted molar refractivity (Wildman–Crippen MR) is 94.1 cm³/mol. The summed E-state index contributed by atoms with van der Waals surface area (Å²) in [5.41, 5.74) is 0.481. The largest absolute Gasteiger partial charge is 0.497 e. The van der Waals surface area contributed by atoms with Gasteiger partial charge >= 0.3 is 11.9 Å². The molecule has 6 heteroatoms. The average Bonchev–Trinajstić information content (AvgIpc) is 2.50. The van der Waals surface area contributed by atoms with Gasteiger partial charge in [0.2, 0.25) is 0 Å². The summed E-state index contributed by atoms with van der Waals surface area (Å²) in [6, 6.07) is 5.52. The number of hydrogen-bond acceptors (Lipinski definition) is 5. The highest BCUT2D eigenvalue weighted by Crippen LogP contribution is 2.26. The lowest BCUT2D eigenvalue weighted by atomic mass is 10.1. The molecule has 0 bridgehead atoms. The van der Waals surface area contributed by atoms with Crippen LogP contribution >= 0.6 is 0 Å². The van der Waals surface area contributed by atoms with Crippen molar-refractivity contribution in [3.05, 3.63) is 23.8 Å². The maximum absolute atomic E-state index is 11.8. The van der Waals surface area contributed by atoms with Crippen LogP contribution in [0.1, 0.15) is 52.0 Å². The molecule has 1 rings (SSSR count). The molecule has 0 saturated carbocycles. The van der Waals surface area contributed by atoms with Gasteiger partial charge in [0, 0.05) is 18.9 Å². The number of carbonyl (C=O) groups excluding carboxylic acids is 1. The van der Waals surface area contributed by atoms with Crippen molar-refractivity contribution in [1.29, 1.82) is 0 Å². The number of aliphatic carboxylic acids is 1. The van der Waals surface area contributed by atoms with Crippen molar-refractivity contribution in [2.75, 3.05) is 13.7 Å². The van der Waals surface area contributed by atoms with Crippen LogP contribution in [0.15, 0.2) is 18.2 Å². The Hall–Kier alpha value is -2.24. The van der Waals surface area contributed by atoms with Gasteiger partial charge in [-0.05, 0) is 51.7 Å². The molecule has 0 aliphatic carbocycles. The highest BCUT2D eigenvalue weighted by Gasteiger charge is 2.16. The molecule has 0 radical (unpaired) electrons. The highest BCUT2D eigenvalue weighted by atomic mass is 16.6. The number of carbonyl (C=O) groups is 2. The third-order valence-electron chi connectivity index (χ3n) is 3.31. The van der Waals surface area contributed by atoms with E-state index >= 15 is 0 Å². The predicted octanol–water partition coefficient (Wildman–Crippen LogP) is 3.60. The summed E-state index contributed by atoms with van der Waals surface area (Å²) < 4.78 is 16.2. The fourth-order valence-electron chi connectivity index (χ4n) is 2.22. The minimum absolute atomic E-state index is 0.0674. The molecule has 0 spiro atoms. The lowest BCUT2D eigenvalue weighted by Crippen LogP contribution is -2.23. The maximum Gasteiger partial charge on any atom is 0.306 e. The fraction of sp³-hybridized carbons (Fsp3) is 0.579.